The van der Waals surface area contributed by atoms with Crippen molar-refractivity contribution in [2.45, 2.75) is 55.5 Å². The molecule has 4 aromatic heterocycles. The number of fused-ring (bicyclic) bond motifs is 2. The van der Waals surface area contributed by atoms with Crippen molar-refractivity contribution in [3.05, 3.63) is 29.3 Å². The van der Waals surface area contributed by atoms with Gasteiger partial charge in [0.25, 0.3) is 5.56 Å². The van der Waals surface area contributed by atoms with Gasteiger partial charge in [-0.3, -0.25) is 28.0 Å². The molecule has 2 saturated heterocycles. The van der Waals surface area contributed by atoms with Gasteiger partial charge >= 0.3 is 7.82 Å². The minimum absolute atomic E-state index is 0.0624. The van der Waals surface area contributed by atoms with E-state index < -0.39 is 75.2 Å². The molecule has 0 aromatic carbocycles. The standard InChI is InChI=1S/C21H27N10O11P/c1-21(36)13(7(2-32)41-19(21)31-6-27-10-16(31)28-20(23)29-17(10)35)42-43(37,38)39-3-8-11(33)12(34)18(40-8)30-5-26-9-14(22)24-4-25-15(9)30/h4-8,11-13,18-19,32-34,36H,2-3H2,1H3,(H,37,38)(H2,22,24,25)(H3,23,28,29,35)/t7-,8-,11-,12-,13-,18-,19-,21-/m1/s1. The number of aliphatic hydroxyl groups excluding tert-OH is 3. The molecule has 21 nitrogen and oxygen atoms in total. The van der Waals surface area contributed by atoms with Crippen LogP contribution in [0, 0.1) is 0 Å². The van der Waals surface area contributed by atoms with Crippen molar-refractivity contribution in [1.29, 1.82) is 0 Å². The van der Waals surface area contributed by atoms with Crippen molar-refractivity contribution in [2.24, 2.45) is 0 Å². The fourth-order valence-corrected chi connectivity index (χ4v) is 6.19. The maximum absolute atomic E-state index is 13.0. The maximum atomic E-state index is 13.0. The van der Waals surface area contributed by atoms with E-state index in [0.29, 0.717) is 0 Å². The summed E-state index contributed by atoms with van der Waals surface area (Å²) in [5.41, 5.74) is 8.91. The maximum Gasteiger partial charge on any atom is 0.472 e. The number of nitrogen functional groups attached to an aromatic ring is 2. The second kappa shape index (κ2) is 10.5. The second-order valence-electron chi connectivity index (χ2n) is 10.1. The van der Waals surface area contributed by atoms with Crippen molar-refractivity contribution in [3.63, 3.8) is 0 Å². The summed E-state index contributed by atoms with van der Waals surface area (Å²) >= 11 is 0. The molecule has 2 aliphatic heterocycles. The van der Waals surface area contributed by atoms with E-state index in [-0.39, 0.29) is 34.1 Å². The zero-order valence-corrected chi connectivity index (χ0v) is 23.0. The number of nitrogens with one attached hydrogen (secondary N) is 1. The lowest BCUT2D eigenvalue weighted by atomic mass is 9.96. The number of phosphoric acid groups is 1. The molecule has 2 fully saturated rings. The summed E-state index contributed by atoms with van der Waals surface area (Å²) < 4.78 is 37.2. The molecule has 1 unspecified atom stereocenters. The second-order valence-corrected chi connectivity index (χ2v) is 11.5. The Hall–Kier alpha value is -3.63. The number of nitrogens with two attached hydrogens (primary N) is 2. The third-order valence-electron chi connectivity index (χ3n) is 7.25. The third kappa shape index (κ3) is 4.94. The zero-order chi connectivity index (χ0) is 30.8. The van der Waals surface area contributed by atoms with Crippen LogP contribution in [0.25, 0.3) is 22.3 Å². The molecule has 6 heterocycles. The number of hydrogen-bond donors (Lipinski definition) is 8. The topological polar surface area (TPSA) is 314 Å². The highest BCUT2D eigenvalue weighted by Gasteiger charge is 2.57. The molecule has 2 aliphatic rings. The molecule has 0 bridgehead atoms. The molecule has 43 heavy (non-hydrogen) atoms. The fraction of sp³-hybridized carbons (Fsp3) is 0.524. The fourth-order valence-electron chi connectivity index (χ4n) is 5.16. The Balaban J connectivity index is 1.17. The Morgan fingerprint density at radius 3 is 2.53 bits per heavy atom. The predicted octanol–water partition coefficient (Wildman–Crippen LogP) is -3.11. The van der Waals surface area contributed by atoms with Crippen LogP contribution in [0.2, 0.25) is 0 Å². The van der Waals surface area contributed by atoms with Gasteiger partial charge in [0.05, 0.1) is 25.9 Å². The lowest BCUT2D eigenvalue weighted by Crippen LogP contribution is -2.45. The number of hydrogen-bond acceptors (Lipinski definition) is 17. The average Bonchev–Trinajstić information content (AvgIpc) is 3.68. The Morgan fingerprint density at radius 2 is 1.79 bits per heavy atom. The van der Waals surface area contributed by atoms with Crippen LogP contribution in [0.5, 0.6) is 0 Å². The number of rotatable bonds is 8. The molecule has 4 aromatic rings. The molecule has 0 spiro atoms. The van der Waals surface area contributed by atoms with Gasteiger partial charge in [0.1, 0.15) is 48.0 Å². The van der Waals surface area contributed by atoms with Crippen LogP contribution in [0.4, 0.5) is 11.8 Å². The first-order valence-corrected chi connectivity index (χ1v) is 14.1. The highest BCUT2D eigenvalue weighted by Crippen LogP contribution is 2.52. The molecular weight excluding hydrogens is 599 g/mol. The van der Waals surface area contributed by atoms with Crippen molar-refractivity contribution in [3.8, 4) is 0 Å². The van der Waals surface area contributed by atoms with Gasteiger partial charge in [0.15, 0.2) is 35.1 Å². The zero-order valence-electron chi connectivity index (χ0n) is 22.1. The monoisotopic (exact) mass is 626 g/mol. The first-order valence-electron chi connectivity index (χ1n) is 12.6. The van der Waals surface area contributed by atoms with Gasteiger partial charge in [-0.05, 0) is 6.92 Å². The minimum atomic E-state index is -5.06. The highest BCUT2D eigenvalue weighted by atomic mass is 31.2. The van der Waals surface area contributed by atoms with Gasteiger partial charge in [-0.2, -0.15) is 4.98 Å². The van der Waals surface area contributed by atoms with Crippen LogP contribution in [0.1, 0.15) is 19.4 Å². The summed E-state index contributed by atoms with van der Waals surface area (Å²) in [5.74, 6) is -0.153. The number of H-pyrrole nitrogens is 1. The number of ether oxygens (including phenoxy) is 2. The van der Waals surface area contributed by atoms with Gasteiger partial charge in [-0.1, -0.05) is 0 Å². The van der Waals surface area contributed by atoms with Crippen LogP contribution in [0.3, 0.4) is 0 Å². The van der Waals surface area contributed by atoms with Crippen molar-refractivity contribution < 1.29 is 48.4 Å². The van der Waals surface area contributed by atoms with E-state index in [4.69, 9.17) is 30.0 Å². The van der Waals surface area contributed by atoms with Gasteiger partial charge in [0.2, 0.25) is 5.95 Å². The molecule has 10 N–H and O–H groups in total. The van der Waals surface area contributed by atoms with E-state index in [1.54, 1.807) is 0 Å². The lowest BCUT2D eigenvalue weighted by molar-refractivity contribution is -0.0959. The van der Waals surface area contributed by atoms with E-state index in [0.717, 1.165) is 6.33 Å². The largest absolute Gasteiger partial charge is 0.472 e. The van der Waals surface area contributed by atoms with Crippen LogP contribution in [-0.4, -0.2) is 114 Å². The Labute approximate surface area is 239 Å². The molecule has 0 radical (unpaired) electrons. The molecule has 0 aliphatic carbocycles. The molecule has 22 heteroatoms. The Kier molecular flexibility index (Phi) is 7.20. The van der Waals surface area contributed by atoms with E-state index >= 15 is 0 Å². The summed E-state index contributed by atoms with van der Waals surface area (Å²) in [6, 6.07) is 0. The highest BCUT2D eigenvalue weighted by molar-refractivity contribution is 7.47. The first-order chi connectivity index (χ1) is 20.3. The summed E-state index contributed by atoms with van der Waals surface area (Å²) in [6.45, 7) is -0.296. The van der Waals surface area contributed by atoms with E-state index in [9.17, 15) is 34.7 Å². The number of nitrogens with zero attached hydrogens (tertiary/aromatic N) is 7. The van der Waals surface area contributed by atoms with Crippen LogP contribution in [-0.2, 0) is 23.1 Å². The number of imidazole rings is 2. The molecule has 0 amide bonds. The predicted molar refractivity (Wildman–Crippen MR) is 140 cm³/mol. The number of aliphatic hydroxyl groups is 4. The third-order valence-corrected chi connectivity index (χ3v) is 8.22. The molecule has 6 rings (SSSR count). The van der Waals surface area contributed by atoms with Crippen molar-refractivity contribution in [2.75, 3.05) is 24.7 Å². The number of anilines is 2. The normalized spacial score (nSPS) is 32.6. The number of aromatic amines is 1. The van der Waals surface area contributed by atoms with Crippen LogP contribution < -0.4 is 17.0 Å². The summed E-state index contributed by atoms with van der Waals surface area (Å²) in [6.07, 6.45) is -6.48. The number of aromatic nitrogens is 8. The minimum Gasteiger partial charge on any atom is -0.394 e. The Morgan fingerprint density at radius 1 is 1.07 bits per heavy atom. The van der Waals surface area contributed by atoms with E-state index in [1.165, 1.54) is 28.7 Å². The molecule has 232 valence electrons. The molecule has 9 atom stereocenters. The summed E-state index contributed by atoms with van der Waals surface area (Å²) in [5, 5.41) is 42.5. The summed E-state index contributed by atoms with van der Waals surface area (Å²) in [4.78, 5) is 44.9. The van der Waals surface area contributed by atoms with Crippen molar-refractivity contribution in [1.82, 2.24) is 39.0 Å². The van der Waals surface area contributed by atoms with Crippen molar-refractivity contribution >= 4 is 41.9 Å². The lowest BCUT2D eigenvalue weighted by Gasteiger charge is -2.31. The molecule has 0 saturated carbocycles. The summed E-state index contributed by atoms with van der Waals surface area (Å²) in [7, 11) is -5.06. The van der Waals surface area contributed by atoms with Crippen LogP contribution in [0.15, 0.2) is 23.8 Å². The molecular formula is C21H27N10O11P. The average molecular weight is 626 g/mol. The SMILES string of the molecule is C[C@@]1(O)[C@H](OP(=O)(O)OC[C@H]2O[C@@H](n3cnc4c(N)ncnc43)[C@H](O)[C@@H]2O)[C@@H](CO)O[C@H]1n1cnc2c(=O)[nH]c(N)nc21. The van der Waals surface area contributed by atoms with Gasteiger partial charge in [-0.15, -0.1) is 0 Å². The number of phosphoric ester groups is 1. The van der Waals surface area contributed by atoms with Crippen LogP contribution >= 0.6 is 7.82 Å². The van der Waals surface area contributed by atoms with Gasteiger partial charge in [-0.25, -0.2) is 24.5 Å². The van der Waals surface area contributed by atoms with Gasteiger partial charge in [0, 0.05) is 0 Å². The smallest absolute Gasteiger partial charge is 0.394 e. The quantitative estimate of drug-likeness (QED) is 0.0897. The first kappa shape index (κ1) is 29.4. The van der Waals surface area contributed by atoms with E-state index in [2.05, 4.69) is 29.9 Å². The van der Waals surface area contributed by atoms with Gasteiger partial charge < -0.3 is 46.3 Å². The van der Waals surface area contributed by atoms with E-state index in [1.807, 2.05) is 0 Å². The Bertz CT molecular complexity index is 1780.